The van der Waals surface area contributed by atoms with E-state index in [1.54, 1.807) is 0 Å². The maximum Gasteiger partial charge on any atom is 0.227 e. The van der Waals surface area contributed by atoms with Crippen molar-refractivity contribution in [1.29, 1.82) is 0 Å². The van der Waals surface area contributed by atoms with Crippen LogP contribution in [0.1, 0.15) is 24.8 Å². The van der Waals surface area contributed by atoms with Crippen LogP contribution in [0.25, 0.3) is 11.4 Å². The summed E-state index contributed by atoms with van der Waals surface area (Å²) < 4.78 is 18.0. The molecule has 1 aromatic heterocycles. The lowest BCUT2D eigenvalue weighted by Crippen LogP contribution is -2.12. The zero-order valence-corrected chi connectivity index (χ0v) is 13.8. The zero-order valence-electron chi connectivity index (χ0n) is 13.8. The van der Waals surface area contributed by atoms with Gasteiger partial charge in [0, 0.05) is 24.1 Å². The third kappa shape index (κ3) is 4.50. The molecule has 0 aliphatic heterocycles. The fraction of sp³-hybridized carbons (Fsp3) is 0.211. The summed E-state index contributed by atoms with van der Waals surface area (Å²) in [7, 11) is 0. The molecule has 3 rings (SSSR count). The van der Waals surface area contributed by atoms with E-state index in [4.69, 9.17) is 4.52 Å². The summed E-state index contributed by atoms with van der Waals surface area (Å²) in [6.07, 6.45) is 1.52. The van der Waals surface area contributed by atoms with Crippen LogP contribution in [-0.2, 0) is 17.6 Å². The fourth-order valence-corrected chi connectivity index (χ4v) is 2.34. The molecule has 0 unspecified atom stereocenters. The van der Waals surface area contributed by atoms with Crippen molar-refractivity contribution in [3.8, 4) is 11.4 Å². The quantitative estimate of drug-likeness (QED) is 0.737. The van der Waals surface area contributed by atoms with Crippen molar-refractivity contribution < 1.29 is 13.7 Å². The topological polar surface area (TPSA) is 68.0 Å². The molecule has 128 valence electrons. The number of rotatable bonds is 6. The lowest BCUT2D eigenvalue weighted by atomic mass is 10.1. The lowest BCUT2D eigenvalue weighted by Gasteiger charge is -2.03. The fourth-order valence-electron chi connectivity index (χ4n) is 2.34. The molecule has 0 aliphatic rings. The second-order valence-electron chi connectivity index (χ2n) is 5.62. The van der Waals surface area contributed by atoms with Crippen LogP contribution >= 0.6 is 0 Å². The second kappa shape index (κ2) is 7.70. The highest BCUT2D eigenvalue weighted by atomic mass is 19.1. The van der Waals surface area contributed by atoms with Crippen molar-refractivity contribution >= 4 is 11.6 Å². The van der Waals surface area contributed by atoms with Gasteiger partial charge in [0.05, 0.1) is 0 Å². The minimum absolute atomic E-state index is 0.196. The summed E-state index contributed by atoms with van der Waals surface area (Å²) in [5.74, 6) is 0.377. The van der Waals surface area contributed by atoms with Crippen molar-refractivity contribution in [3.63, 3.8) is 0 Å². The number of aryl methyl sites for hydroxylation is 2. The molecule has 6 heteroatoms. The smallest absolute Gasteiger partial charge is 0.227 e. The van der Waals surface area contributed by atoms with Crippen LogP contribution in [0.4, 0.5) is 10.1 Å². The van der Waals surface area contributed by atoms with Crippen molar-refractivity contribution in [1.82, 2.24) is 10.1 Å². The molecule has 3 aromatic rings. The van der Waals surface area contributed by atoms with Gasteiger partial charge in [-0.05, 0) is 36.2 Å². The number of carbonyl (C=O) groups excluding carboxylic acids is 1. The molecule has 0 aliphatic carbocycles. The number of aromatic nitrogens is 2. The number of nitrogens with one attached hydrogen (secondary N) is 1. The lowest BCUT2D eigenvalue weighted by molar-refractivity contribution is -0.116. The molecular formula is C19H18FN3O2. The predicted molar refractivity (Wildman–Crippen MR) is 92.5 cm³/mol. The van der Waals surface area contributed by atoms with Gasteiger partial charge in [0.1, 0.15) is 5.82 Å². The van der Waals surface area contributed by atoms with Gasteiger partial charge >= 0.3 is 0 Å². The maximum absolute atomic E-state index is 12.8. The van der Waals surface area contributed by atoms with Crippen LogP contribution in [0.5, 0.6) is 0 Å². The van der Waals surface area contributed by atoms with E-state index in [9.17, 15) is 9.18 Å². The van der Waals surface area contributed by atoms with Crippen LogP contribution in [0, 0.1) is 5.82 Å². The van der Waals surface area contributed by atoms with Crippen LogP contribution < -0.4 is 5.32 Å². The normalized spacial score (nSPS) is 10.6. The Morgan fingerprint density at radius 2 is 1.84 bits per heavy atom. The first kappa shape index (κ1) is 16.8. The standard InChI is InChI=1S/C19H18FN3O2/c1-2-13-3-5-14(6-4-13)19-22-18(25-23-19)12-11-17(24)21-16-9-7-15(20)8-10-16/h3-10H,2,11-12H2,1H3,(H,21,24). The molecule has 2 aromatic carbocycles. The third-order valence-electron chi connectivity index (χ3n) is 3.78. The van der Waals surface area contributed by atoms with Gasteiger partial charge in [-0.1, -0.05) is 36.3 Å². The summed E-state index contributed by atoms with van der Waals surface area (Å²) >= 11 is 0. The Labute approximate surface area is 144 Å². The highest BCUT2D eigenvalue weighted by Crippen LogP contribution is 2.17. The van der Waals surface area contributed by atoms with Gasteiger partial charge in [-0.25, -0.2) is 4.39 Å². The molecule has 5 nitrogen and oxygen atoms in total. The average Bonchev–Trinajstić information content (AvgIpc) is 3.11. The van der Waals surface area contributed by atoms with Gasteiger partial charge in [0.2, 0.25) is 17.6 Å². The molecule has 0 bridgehead atoms. The van der Waals surface area contributed by atoms with E-state index >= 15 is 0 Å². The van der Waals surface area contributed by atoms with E-state index in [1.807, 2.05) is 24.3 Å². The summed E-state index contributed by atoms with van der Waals surface area (Å²) in [6.45, 7) is 2.10. The molecule has 25 heavy (non-hydrogen) atoms. The molecule has 0 spiro atoms. The zero-order chi connectivity index (χ0) is 17.6. The van der Waals surface area contributed by atoms with E-state index in [-0.39, 0.29) is 18.1 Å². The predicted octanol–water partition coefficient (Wildman–Crippen LogP) is 4.01. The van der Waals surface area contributed by atoms with Crippen LogP contribution in [-0.4, -0.2) is 16.0 Å². The van der Waals surface area contributed by atoms with E-state index in [2.05, 4.69) is 22.4 Å². The van der Waals surface area contributed by atoms with Gasteiger partial charge in [0.25, 0.3) is 0 Å². The van der Waals surface area contributed by atoms with Crippen molar-refractivity contribution in [3.05, 3.63) is 65.8 Å². The van der Waals surface area contributed by atoms with Crippen molar-refractivity contribution in [2.24, 2.45) is 0 Å². The first-order chi connectivity index (χ1) is 12.1. The molecule has 1 N–H and O–H groups in total. The van der Waals surface area contributed by atoms with Crippen LogP contribution in [0.3, 0.4) is 0 Å². The first-order valence-electron chi connectivity index (χ1n) is 8.11. The number of anilines is 1. The number of hydrogen-bond acceptors (Lipinski definition) is 4. The maximum atomic E-state index is 12.8. The summed E-state index contributed by atoms with van der Waals surface area (Å²) in [5.41, 5.74) is 2.67. The SMILES string of the molecule is CCc1ccc(-c2noc(CCC(=O)Nc3ccc(F)cc3)n2)cc1. The molecule has 0 saturated carbocycles. The molecule has 1 amide bonds. The number of hydrogen-bond donors (Lipinski definition) is 1. The van der Waals surface area contributed by atoms with Gasteiger partial charge in [-0.15, -0.1) is 0 Å². The minimum atomic E-state index is -0.344. The van der Waals surface area contributed by atoms with Gasteiger partial charge in [-0.2, -0.15) is 4.98 Å². The van der Waals surface area contributed by atoms with E-state index < -0.39 is 0 Å². The number of amides is 1. The highest BCUT2D eigenvalue weighted by Gasteiger charge is 2.11. The van der Waals surface area contributed by atoms with Gasteiger partial charge < -0.3 is 9.84 Å². The highest BCUT2D eigenvalue weighted by molar-refractivity contribution is 5.90. The number of nitrogens with zero attached hydrogens (tertiary/aromatic N) is 2. The number of carbonyl (C=O) groups is 1. The van der Waals surface area contributed by atoms with Crippen LogP contribution in [0.2, 0.25) is 0 Å². The number of halogens is 1. The first-order valence-corrected chi connectivity index (χ1v) is 8.11. The Hall–Kier alpha value is -3.02. The van der Waals surface area contributed by atoms with Crippen molar-refractivity contribution in [2.75, 3.05) is 5.32 Å². The molecule has 0 saturated heterocycles. The largest absolute Gasteiger partial charge is 0.339 e. The molecule has 0 fully saturated rings. The summed E-state index contributed by atoms with van der Waals surface area (Å²) in [5, 5.41) is 6.65. The van der Waals surface area contributed by atoms with E-state index in [1.165, 1.54) is 29.8 Å². The summed E-state index contributed by atoms with van der Waals surface area (Å²) in [4.78, 5) is 16.2. The molecular weight excluding hydrogens is 321 g/mol. The second-order valence-corrected chi connectivity index (χ2v) is 5.62. The van der Waals surface area contributed by atoms with E-state index in [0.29, 0.717) is 23.8 Å². The Kier molecular flexibility index (Phi) is 5.18. The monoisotopic (exact) mass is 339 g/mol. The molecule has 0 radical (unpaired) electrons. The van der Waals surface area contributed by atoms with Gasteiger partial charge in [-0.3, -0.25) is 4.79 Å². The van der Waals surface area contributed by atoms with Gasteiger partial charge in [0.15, 0.2) is 0 Å². The third-order valence-corrected chi connectivity index (χ3v) is 3.78. The Bertz CT molecular complexity index is 842. The Morgan fingerprint density at radius 1 is 1.12 bits per heavy atom. The minimum Gasteiger partial charge on any atom is -0.339 e. The van der Waals surface area contributed by atoms with E-state index in [0.717, 1.165) is 12.0 Å². The Balaban J connectivity index is 1.55. The number of benzene rings is 2. The summed E-state index contributed by atoms with van der Waals surface area (Å²) in [6, 6.07) is 13.6. The molecule has 1 heterocycles. The molecule has 0 atom stereocenters. The van der Waals surface area contributed by atoms with Crippen molar-refractivity contribution in [2.45, 2.75) is 26.2 Å². The van der Waals surface area contributed by atoms with Crippen LogP contribution in [0.15, 0.2) is 53.1 Å². The average molecular weight is 339 g/mol. The Morgan fingerprint density at radius 3 is 2.52 bits per heavy atom.